The van der Waals surface area contributed by atoms with Crippen molar-refractivity contribution >= 4 is 26.4 Å². The van der Waals surface area contributed by atoms with Gasteiger partial charge in [-0.2, -0.15) is 0 Å². The minimum atomic E-state index is -3.70. The zero-order valence-corrected chi connectivity index (χ0v) is 17.7. The number of hydrogen-bond acceptors (Lipinski definition) is 5. The van der Waals surface area contributed by atoms with Crippen molar-refractivity contribution in [1.82, 2.24) is 4.98 Å². The molecule has 0 saturated carbocycles. The molecular formula is C23H26N2O3S. The maximum atomic E-state index is 13.6. The molecule has 2 heterocycles. The normalized spacial score (nSPS) is 14.9. The topological polar surface area (TPSA) is 59.5 Å². The van der Waals surface area contributed by atoms with E-state index in [1.807, 2.05) is 44.2 Å². The highest BCUT2D eigenvalue weighted by molar-refractivity contribution is 7.91. The third-order valence-electron chi connectivity index (χ3n) is 5.38. The molecule has 4 rings (SSSR count). The summed E-state index contributed by atoms with van der Waals surface area (Å²) in [7, 11) is -3.70. The van der Waals surface area contributed by atoms with Crippen LogP contribution in [0.2, 0.25) is 0 Å². The first-order chi connectivity index (χ1) is 14.0. The summed E-state index contributed by atoms with van der Waals surface area (Å²) in [5.74, 6) is 0.727. The summed E-state index contributed by atoms with van der Waals surface area (Å²) in [4.78, 5) is 7.25. The van der Waals surface area contributed by atoms with Gasteiger partial charge < -0.3 is 9.64 Å². The van der Waals surface area contributed by atoms with Crippen LogP contribution >= 0.6 is 0 Å². The van der Waals surface area contributed by atoms with Crippen molar-refractivity contribution in [3.63, 3.8) is 0 Å². The number of anilines is 1. The van der Waals surface area contributed by atoms with Crippen LogP contribution in [-0.4, -0.2) is 33.1 Å². The van der Waals surface area contributed by atoms with Gasteiger partial charge in [0.05, 0.1) is 22.7 Å². The van der Waals surface area contributed by atoms with E-state index < -0.39 is 9.84 Å². The number of aromatic nitrogens is 1. The maximum Gasteiger partial charge on any atom is 0.210 e. The van der Waals surface area contributed by atoms with Crippen molar-refractivity contribution in [3.05, 3.63) is 54.2 Å². The van der Waals surface area contributed by atoms with E-state index in [0.29, 0.717) is 11.5 Å². The molecule has 1 saturated heterocycles. The molecule has 0 aliphatic carbocycles. The highest BCUT2D eigenvalue weighted by Gasteiger charge is 2.27. The molecule has 1 aromatic heterocycles. The van der Waals surface area contributed by atoms with Gasteiger partial charge in [0.25, 0.3) is 0 Å². The van der Waals surface area contributed by atoms with Crippen LogP contribution in [0, 0.1) is 6.92 Å². The van der Waals surface area contributed by atoms with Gasteiger partial charge in [-0.25, -0.2) is 8.42 Å². The summed E-state index contributed by atoms with van der Waals surface area (Å²) in [6.07, 6.45) is 4.80. The van der Waals surface area contributed by atoms with Crippen molar-refractivity contribution in [1.29, 1.82) is 0 Å². The first-order valence-electron chi connectivity index (χ1n) is 10.1. The lowest BCUT2D eigenvalue weighted by Gasteiger charge is -2.31. The van der Waals surface area contributed by atoms with Crippen LogP contribution in [0.5, 0.6) is 5.75 Å². The van der Waals surface area contributed by atoms with Gasteiger partial charge in [0, 0.05) is 24.7 Å². The fourth-order valence-corrected chi connectivity index (χ4v) is 5.31. The van der Waals surface area contributed by atoms with Gasteiger partial charge in [0.1, 0.15) is 10.6 Å². The molecule has 0 atom stereocenters. The molecule has 152 valence electrons. The van der Waals surface area contributed by atoms with E-state index >= 15 is 0 Å². The number of aryl methyl sites for hydroxylation is 1. The first-order valence-corrected chi connectivity index (χ1v) is 11.6. The third kappa shape index (κ3) is 3.81. The number of sulfone groups is 1. The molecule has 1 aliphatic rings. The quantitative estimate of drug-likeness (QED) is 0.607. The minimum Gasteiger partial charge on any atom is -0.494 e. The van der Waals surface area contributed by atoms with E-state index in [0.717, 1.165) is 53.8 Å². The summed E-state index contributed by atoms with van der Waals surface area (Å²) >= 11 is 0. The fourth-order valence-electron chi connectivity index (χ4n) is 3.88. The second-order valence-electron chi connectivity index (χ2n) is 7.45. The standard InChI is InChI=1S/C23H26N2O3S/c1-3-28-18-9-12-21-20(15-18)23(25-13-5-4-6-14-25)22(16-24-21)29(26,27)19-10-7-17(2)8-11-19/h7-12,15-16H,3-6,13-14H2,1-2H3. The molecule has 0 N–H and O–H groups in total. The van der Waals surface area contributed by atoms with Gasteiger partial charge in [-0.1, -0.05) is 17.7 Å². The molecule has 0 spiro atoms. The Morgan fingerprint density at radius 3 is 2.45 bits per heavy atom. The molecule has 1 fully saturated rings. The highest BCUT2D eigenvalue weighted by Crippen LogP contribution is 2.38. The van der Waals surface area contributed by atoms with Gasteiger partial charge in [-0.15, -0.1) is 0 Å². The van der Waals surface area contributed by atoms with Crippen molar-refractivity contribution in [2.45, 2.75) is 42.9 Å². The van der Waals surface area contributed by atoms with E-state index in [-0.39, 0.29) is 4.90 Å². The van der Waals surface area contributed by atoms with Gasteiger partial charge in [-0.05, 0) is 63.4 Å². The van der Waals surface area contributed by atoms with Crippen molar-refractivity contribution in [3.8, 4) is 5.75 Å². The number of piperidine rings is 1. The predicted molar refractivity (Wildman–Crippen MR) is 116 cm³/mol. The second-order valence-corrected chi connectivity index (χ2v) is 9.37. The van der Waals surface area contributed by atoms with Crippen molar-refractivity contribution < 1.29 is 13.2 Å². The van der Waals surface area contributed by atoms with E-state index in [2.05, 4.69) is 9.88 Å². The summed E-state index contributed by atoms with van der Waals surface area (Å²) in [6, 6.07) is 12.7. The number of nitrogens with zero attached hydrogens (tertiary/aromatic N) is 2. The molecule has 1 aliphatic heterocycles. The Bertz CT molecular complexity index is 1120. The Labute approximate surface area is 172 Å². The lowest BCUT2D eigenvalue weighted by atomic mass is 10.1. The van der Waals surface area contributed by atoms with Crippen molar-refractivity contribution in [2.24, 2.45) is 0 Å². The van der Waals surface area contributed by atoms with Crippen LogP contribution < -0.4 is 9.64 Å². The fraction of sp³-hybridized carbons (Fsp3) is 0.348. The van der Waals surface area contributed by atoms with E-state index in [1.54, 1.807) is 12.1 Å². The number of fused-ring (bicyclic) bond motifs is 1. The van der Waals surface area contributed by atoms with E-state index in [9.17, 15) is 8.42 Å². The third-order valence-corrected chi connectivity index (χ3v) is 7.15. The lowest BCUT2D eigenvalue weighted by molar-refractivity contribution is 0.340. The molecule has 29 heavy (non-hydrogen) atoms. The Hall–Kier alpha value is -2.60. The van der Waals surface area contributed by atoms with Crippen LogP contribution in [0.3, 0.4) is 0 Å². The summed E-state index contributed by atoms with van der Waals surface area (Å²) in [5, 5.41) is 0.825. The monoisotopic (exact) mass is 410 g/mol. The number of hydrogen-bond donors (Lipinski definition) is 0. The average molecular weight is 411 g/mol. The Morgan fingerprint density at radius 1 is 1.03 bits per heavy atom. The summed E-state index contributed by atoms with van der Waals surface area (Å²) in [6.45, 7) is 6.12. The SMILES string of the molecule is CCOc1ccc2ncc(S(=O)(=O)c3ccc(C)cc3)c(N3CCCCC3)c2c1. The van der Waals surface area contributed by atoms with Gasteiger partial charge in [0.15, 0.2) is 0 Å². The highest BCUT2D eigenvalue weighted by atomic mass is 32.2. The van der Waals surface area contributed by atoms with Crippen LogP contribution in [0.15, 0.2) is 58.5 Å². The molecular weight excluding hydrogens is 384 g/mol. The predicted octanol–water partition coefficient (Wildman–Crippen LogP) is 4.77. The Kier molecular flexibility index (Phi) is 5.46. The molecule has 0 bridgehead atoms. The minimum absolute atomic E-state index is 0.268. The number of ether oxygens (including phenoxy) is 1. The molecule has 2 aromatic carbocycles. The van der Waals surface area contributed by atoms with Crippen LogP contribution in [0.25, 0.3) is 10.9 Å². The maximum absolute atomic E-state index is 13.6. The smallest absolute Gasteiger partial charge is 0.210 e. The zero-order chi connectivity index (χ0) is 20.4. The lowest BCUT2D eigenvalue weighted by Crippen LogP contribution is -2.31. The zero-order valence-electron chi connectivity index (χ0n) is 16.9. The molecule has 0 radical (unpaired) electrons. The second kappa shape index (κ2) is 8.03. The number of benzene rings is 2. The van der Waals surface area contributed by atoms with Crippen LogP contribution in [-0.2, 0) is 9.84 Å². The molecule has 6 heteroatoms. The average Bonchev–Trinajstić information content (AvgIpc) is 2.74. The molecule has 0 amide bonds. The number of pyridine rings is 1. The molecule has 3 aromatic rings. The number of rotatable bonds is 5. The Morgan fingerprint density at radius 2 is 1.76 bits per heavy atom. The van der Waals surface area contributed by atoms with Crippen LogP contribution in [0.4, 0.5) is 5.69 Å². The van der Waals surface area contributed by atoms with Crippen LogP contribution in [0.1, 0.15) is 31.7 Å². The van der Waals surface area contributed by atoms with Crippen molar-refractivity contribution in [2.75, 3.05) is 24.6 Å². The summed E-state index contributed by atoms with van der Waals surface area (Å²) < 4.78 is 32.8. The first kappa shape index (κ1) is 19.7. The summed E-state index contributed by atoms with van der Waals surface area (Å²) in [5.41, 5.74) is 2.55. The molecule has 0 unspecified atom stereocenters. The van der Waals surface area contributed by atoms with E-state index in [1.165, 1.54) is 12.6 Å². The van der Waals surface area contributed by atoms with E-state index in [4.69, 9.17) is 4.74 Å². The molecule has 5 nitrogen and oxygen atoms in total. The Balaban J connectivity index is 1.95. The van der Waals surface area contributed by atoms with Gasteiger partial charge in [0.2, 0.25) is 9.84 Å². The van der Waals surface area contributed by atoms with Gasteiger partial charge >= 0.3 is 0 Å². The van der Waals surface area contributed by atoms with Gasteiger partial charge in [-0.3, -0.25) is 4.98 Å². The largest absolute Gasteiger partial charge is 0.494 e.